The van der Waals surface area contributed by atoms with Gasteiger partial charge in [0, 0.05) is 17.1 Å². The van der Waals surface area contributed by atoms with Gasteiger partial charge in [-0.05, 0) is 18.1 Å². The Bertz CT molecular complexity index is 659. The second kappa shape index (κ2) is 6.49. The molecule has 0 unspecified atom stereocenters. The van der Waals surface area contributed by atoms with Crippen molar-refractivity contribution in [2.75, 3.05) is 11.5 Å². The van der Waals surface area contributed by atoms with Crippen LogP contribution in [0.3, 0.4) is 0 Å². The maximum Gasteiger partial charge on any atom is 0.389 e. The van der Waals surface area contributed by atoms with Gasteiger partial charge in [-0.25, -0.2) is 8.42 Å². The molecule has 4 nitrogen and oxygen atoms in total. The molecule has 1 heterocycles. The van der Waals surface area contributed by atoms with Crippen LogP contribution in [0.2, 0.25) is 0 Å². The smallest absolute Gasteiger partial charge is 0.273 e. The number of rotatable bonds is 5. The number of alkyl halides is 3. The van der Waals surface area contributed by atoms with Gasteiger partial charge < -0.3 is 0 Å². The fraction of sp³-hybridized carbons (Fsp3) is 0.462. The van der Waals surface area contributed by atoms with E-state index in [9.17, 15) is 26.4 Å². The fourth-order valence-electron chi connectivity index (χ4n) is 2.12. The molecule has 122 valence electrons. The summed E-state index contributed by atoms with van der Waals surface area (Å²) in [7, 11) is -4.05. The molecule has 0 fully saturated rings. The van der Waals surface area contributed by atoms with E-state index in [4.69, 9.17) is 0 Å². The highest BCUT2D eigenvalue weighted by molar-refractivity contribution is 7.99. The lowest BCUT2D eigenvalue weighted by Gasteiger charge is -2.12. The quantitative estimate of drug-likeness (QED) is 0.884. The lowest BCUT2D eigenvalue weighted by atomic mass is 10.0. The summed E-state index contributed by atoms with van der Waals surface area (Å²) in [4.78, 5) is 13.0. The molecule has 22 heavy (non-hydrogen) atoms. The van der Waals surface area contributed by atoms with Gasteiger partial charge in [0.2, 0.25) is 15.9 Å². The molecule has 0 aliphatic carbocycles. The molecular weight excluding hydrogens is 339 g/mol. The Labute approximate surface area is 130 Å². The SMILES string of the molecule is O=C(NS(=O)(=O)CCCC(F)(F)F)[C@H]1CSc2ccccc21. The number of carbonyl (C=O) groups is 1. The van der Waals surface area contributed by atoms with Gasteiger partial charge in [0.25, 0.3) is 0 Å². The molecule has 1 N–H and O–H groups in total. The zero-order valence-corrected chi connectivity index (χ0v) is 13.0. The van der Waals surface area contributed by atoms with E-state index in [0.29, 0.717) is 5.75 Å². The molecule has 1 aliphatic rings. The van der Waals surface area contributed by atoms with E-state index in [1.807, 2.05) is 16.9 Å². The van der Waals surface area contributed by atoms with Gasteiger partial charge in [-0.3, -0.25) is 9.52 Å². The topological polar surface area (TPSA) is 63.2 Å². The summed E-state index contributed by atoms with van der Waals surface area (Å²) >= 11 is 1.45. The lowest BCUT2D eigenvalue weighted by molar-refractivity contribution is -0.134. The van der Waals surface area contributed by atoms with E-state index in [0.717, 1.165) is 10.5 Å². The fourth-order valence-corrected chi connectivity index (χ4v) is 4.42. The zero-order valence-electron chi connectivity index (χ0n) is 11.4. The first-order valence-corrected chi connectivity index (χ1v) is 9.14. The van der Waals surface area contributed by atoms with E-state index in [1.165, 1.54) is 11.8 Å². The van der Waals surface area contributed by atoms with Crippen LogP contribution in [0.1, 0.15) is 24.3 Å². The Morgan fingerprint density at radius 1 is 1.32 bits per heavy atom. The molecule has 0 bridgehead atoms. The van der Waals surface area contributed by atoms with Gasteiger partial charge >= 0.3 is 6.18 Å². The Morgan fingerprint density at radius 2 is 2.00 bits per heavy atom. The Kier molecular flexibility index (Phi) is 5.06. The molecule has 0 saturated carbocycles. The molecule has 1 aromatic rings. The van der Waals surface area contributed by atoms with Gasteiger partial charge in [0.05, 0.1) is 11.7 Å². The van der Waals surface area contributed by atoms with Crippen molar-refractivity contribution in [3.63, 3.8) is 0 Å². The average molecular weight is 353 g/mol. The number of hydrogen-bond acceptors (Lipinski definition) is 4. The van der Waals surface area contributed by atoms with Crippen LogP contribution in [0, 0.1) is 0 Å². The van der Waals surface area contributed by atoms with Gasteiger partial charge in [0.1, 0.15) is 0 Å². The third kappa shape index (κ3) is 4.64. The maximum absolute atomic E-state index is 12.1. The first-order chi connectivity index (χ1) is 10.2. The number of halogens is 3. The molecular formula is C13H14F3NO3S2. The molecule has 0 spiro atoms. The first-order valence-electron chi connectivity index (χ1n) is 6.51. The van der Waals surface area contributed by atoms with Crippen LogP contribution in [0.4, 0.5) is 13.2 Å². The number of hydrogen-bond donors (Lipinski definition) is 1. The van der Waals surface area contributed by atoms with Crippen molar-refractivity contribution in [2.45, 2.75) is 29.8 Å². The van der Waals surface area contributed by atoms with E-state index in [1.54, 1.807) is 12.1 Å². The highest BCUT2D eigenvalue weighted by atomic mass is 32.2. The monoisotopic (exact) mass is 353 g/mol. The van der Waals surface area contributed by atoms with E-state index in [2.05, 4.69) is 0 Å². The summed E-state index contributed by atoms with van der Waals surface area (Å²) in [6, 6.07) is 7.16. The van der Waals surface area contributed by atoms with Crippen molar-refractivity contribution >= 4 is 27.7 Å². The molecule has 0 radical (unpaired) electrons. The van der Waals surface area contributed by atoms with Crippen LogP contribution in [-0.2, 0) is 14.8 Å². The minimum atomic E-state index is -4.40. The second-order valence-electron chi connectivity index (χ2n) is 4.91. The first kappa shape index (κ1) is 17.1. The second-order valence-corrected chi connectivity index (χ2v) is 7.81. The third-order valence-electron chi connectivity index (χ3n) is 3.15. The Balaban J connectivity index is 1.95. The van der Waals surface area contributed by atoms with Crippen LogP contribution in [-0.4, -0.2) is 32.0 Å². The van der Waals surface area contributed by atoms with Crippen molar-refractivity contribution in [3.05, 3.63) is 29.8 Å². The number of thioether (sulfide) groups is 1. The summed E-state index contributed by atoms with van der Waals surface area (Å²) in [5, 5.41) is 0. The van der Waals surface area contributed by atoms with Gasteiger partial charge in [-0.1, -0.05) is 18.2 Å². The van der Waals surface area contributed by atoms with Crippen LogP contribution < -0.4 is 4.72 Å². The van der Waals surface area contributed by atoms with Crippen molar-refractivity contribution in [1.29, 1.82) is 0 Å². The molecule has 2 rings (SSSR count). The number of sulfonamides is 1. The molecule has 1 amide bonds. The maximum atomic E-state index is 12.1. The Morgan fingerprint density at radius 3 is 2.68 bits per heavy atom. The summed E-state index contributed by atoms with van der Waals surface area (Å²) < 4.78 is 61.3. The van der Waals surface area contributed by atoms with Crippen molar-refractivity contribution < 1.29 is 26.4 Å². The van der Waals surface area contributed by atoms with E-state index in [-0.39, 0.29) is 0 Å². The number of fused-ring (bicyclic) bond motifs is 1. The molecule has 1 aromatic carbocycles. The van der Waals surface area contributed by atoms with E-state index < -0.39 is 46.6 Å². The highest BCUT2D eigenvalue weighted by Gasteiger charge is 2.32. The van der Waals surface area contributed by atoms with Crippen molar-refractivity contribution in [3.8, 4) is 0 Å². The lowest BCUT2D eigenvalue weighted by Crippen LogP contribution is -2.36. The Hall–Kier alpha value is -1.22. The van der Waals surface area contributed by atoms with Crippen LogP contribution in [0.5, 0.6) is 0 Å². The highest BCUT2D eigenvalue weighted by Crippen LogP contribution is 2.39. The van der Waals surface area contributed by atoms with E-state index >= 15 is 0 Å². The minimum absolute atomic E-state index is 0.420. The summed E-state index contributed by atoms with van der Waals surface area (Å²) in [5.74, 6) is -1.59. The van der Waals surface area contributed by atoms with Crippen LogP contribution >= 0.6 is 11.8 Å². The molecule has 1 atom stereocenters. The summed E-state index contributed by atoms with van der Waals surface area (Å²) in [5.41, 5.74) is 0.746. The predicted octanol–water partition coefficient (Wildman–Crippen LogP) is 2.66. The summed E-state index contributed by atoms with van der Waals surface area (Å²) in [6.07, 6.45) is -6.16. The molecule has 0 aromatic heterocycles. The third-order valence-corrected chi connectivity index (χ3v) is 5.67. The number of carbonyl (C=O) groups excluding carboxylic acids is 1. The molecule has 9 heteroatoms. The average Bonchev–Trinajstić information content (AvgIpc) is 2.79. The zero-order chi connectivity index (χ0) is 16.4. The summed E-state index contributed by atoms with van der Waals surface area (Å²) in [6.45, 7) is 0. The standard InChI is InChI=1S/C13H14F3NO3S2/c14-13(15,16)6-3-7-22(19,20)17-12(18)10-8-21-11-5-2-1-4-9(10)11/h1-2,4-5,10H,3,6-8H2,(H,17,18)/t10-/m0/s1. The largest absolute Gasteiger partial charge is 0.389 e. The van der Waals surface area contributed by atoms with Crippen LogP contribution in [0.15, 0.2) is 29.2 Å². The van der Waals surface area contributed by atoms with Crippen LogP contribution in [0.25, 0.3) is 0 Å². The van der Waals surface area contributed by atoms with Gasteiger partial charge in [0.15, 0.2) is 0 Å². The molecule has 0 saturated heterocycles. The predicted molar refractivity (Wildman–Crippen MR) is 77.1 cm³/mol. The van der Waals surface area contributed by atoms with Crippen molar-refractivity contribution in [1.82, 2.24) is 4.72 Å². The number of amides is 1. The molecule has 1 aliphatic heterocycles. The van der Waals surface area contributed by atoms with Crippen molar-refractivity contribution in [2.24, 2.45) is 0 Å². The normalized spacial score (nSPS) is 18.0. The van der Waals surface area contributed by atoms with Gasteiger partial charge in [-0.2, -0.15) is 13.2 Å². The minimum Gasteiger partial charge on any atom is -0.273 e. The van der Waals surface area contributed by atoms with Gasteiger partial charge in [-0.15, -0.1) is 11.8 Å². The number of benzene rings is 1. The number of nitrogens with one attached hydrogen (secondary N) is 1.